The number of nitrogens with one attached hydrogen (secondary N) is 2. The third-order valence-corrected chi connectivity index (χ3v) is 2.86. The molecule has 1 saturated heterocycles. The summed E-state index contributed by atoms with van der Waals surface area (Å²) in [7, 11) is 0. The molecule has 0 aliphatic carbocycles. The van der Waals surface area contributed by atoms with Crippen LogP contribution < -0.4 is 10.6 Å². The Balaban J connectivity index is 2.14. The van der Waals surface area contributed by atoms with Gasteiger partial charge in [-0.15, -0.1) is 0 Å². The van der Waals surface area contributed by atoms with E-state index in [4.69, 9.17) is 0 Å². The molecule has 5 heteroatoms. The zero-order valence-corrected chi connectivity index (χ0v) is 8.46. The van der Waals surface area contributed by atoms with Crippen LogP contribution in [0.3, 0.4) is 0 Å². The smallest absolute Gasteiger partial charge is 0.234 e. The van der Waals surface area contributed by atoms with E-state index in [0.29, 0.717) is 24.5 Å². The fraction of sp³-hybridized carbons (Fsp3) is 0.273. The van der Waals surface area contributed by atoms with Crippen molar-refractivity contribution in [2.75, 3.05) is 18.4 Å². The summed E-state index contributed by atoms with van der Waals surface area (Å²) in [5.41, 5.74) is 1.85. The molecule has 3 rings (SSSR count). The van der Waals surface area contributed by atoms with Crippen molar-refractivity contribution in [2.24, 2.45) is 10.9 Å². The van der Waals surface area contributed by atoms with Crippen molar-refractivity contribution in [1.29, 1.82) is 0 Å². The summed E-state index contributed by atoms with van der Waals surface area (Å²) in [5.74, 6) is -0.647. The molecule has 0 saturated carbocycles. The maximum Gasteiger partial charge on any atom is 0.234 e. The van der Waals surface area contributed by atoms with Gasteiger partial charge in [0.15, 0.2) is 0 Å². The standard InChI is InChI=1S/C11H10FN3O/c12-6-1-2-8-9(3-6)14-10-5-13-4-7(10)11(16)15-8/h1-3,7,13H,4-5H2,(H,15,16). The molecule has 0 aromatic heterocycles. The van der Waals surface area contributed by atoms with Gasteiger partial charge in [-0.1, -0.05) is 0 Å². The van der Waals surface area contributed by atoms with Crippen LogP contribution in [-0.2, 0) is 4.79 Å². The summed E-state index contributed by atoms with van der Waals surface area (Å²) in [5, 5.41) is 5.84. The van der Waals surface area contributed by atoms with E-state index in [2.05, 4.69) is 15.6 Å². The molecule has 2 aliphatic rings. The van der Waals surface area contributed by atoms with E-state index in [1.54, 1.807) is 6.07 Å². The number of benzene rings is 1. The van der Waals surface area contributed by atoms with Crippen molar-refractivity contribution in [3.8, 4) is 0 Å². The summed E-state index contributed by atoms with van der Waals surface area (Å²) >= 11 is 0. The van der Waals surface area contributed by atoms with E-state index >= 15 is 0 Å². The number of halogens is 1. The van der Waals surface area contributed by atoms with Gasteiger partial charge in [-0.3, -0.25) is 9.79 Å². The Bertz CT molecular complexity index is 498. The first kappa shape index (κ1) is 9.47. The van der Waals surface area contributed by atoms with Crippen LogP contribution in [0.1, 0.15) is 0 Å². The van der Waals surface area contributed by atoms with E-state index in [1.165, 1.54) is 12.1 Å². The third-order valence-electron chi connectivity index (χ3n) is 2.86. The molecule has 1 unspecified atom stereocenters. The predicted octanol–water partition coefficient (Wildman–Crippen LogP) is 1.07. The topological polar surface area (TPSA) is 53.5 Å². The fourth-order valence-corrected chi connectivity index (χ4v) is 2.02. The second kappa shape index (κ2) is 3.38. The lowest BCUT2D eigenvalue weighted by molar-refractivity contribution is -0.117. The summed E-state index contributed by atoms with van der Waals surface area (Å²) in [4.78, 5) is 16.2. The molecule has 1 atom stereocenters. The van der Waals surface area contributed by atoms with Crippen molar-refractivity contribution in [2.45, 2.75) is 0 Å². The van der Waals surface area contributed by atoms with Gasteiger partial charge in [0.2, 0.25) is 5.91 Å². The average Bonchev–Trinajstić information content (AvgIpc) is 2.65. The van der Waals surface area contributed by atoms with Crippen molar-refractivity contribution in [3.05, 3.63) is 24.0 Å². The molecule has 4 nitrogen and oxygen atoms in total. The Kier molecular flexibility index (Phi) is 2.00. The average molecular weight is 219 g/mol. The maximum absolute atomic E-state index is 13.1. The van der Waals surface area contributed by atoms with Gasteiger partial charge < -0.3 is 10.6 Å². The minimum atomic E-state index is -0.346. The van der Waals surface area contributed by atoms with Crippen LogP contribution in [0.4, 0.5) is 15.8 Å². The van der Waals surface area contributed by atoms with Gasteiger partial charge in [0.05, 0.1) is 17.3 Å². The molecule has 0 spiro atoms. The van der Waals surface area contributed by atoms with E-state index in [1.807, 2.05) is 0 Å². The Morgan fingerprint density at radius 3 is 3.19 bits per heavy atom. The molecule has 0 radical (unpaired) electrons. The highest BCUT2D eigenvalue weighted by molar-refractivity contribution is 6.14. The zero-order chi connectivity index (χ0) is 11.1. The number of aliphatic imine (C=N–C) groups is 1. The van der Waals surface area contributed by atoms with E-state index in [0.717, 1.165) is 5.71 Å². The zero-order valence-electron chi connectivity index (χ0n) is 8.46. The highest BCUT2D eigenvalue weighted by Gasteiger charge is 2.31. The summed E-state index contributed by atoms with van der Waals surface area (Å²) in [6.07, 6.45) is 0. The van der Waals surface area contributed by atoms with Crippen molar-refractivity contribution in [1.82, 2.24) is 5.32 Å². The molecule has 1 aromatic rings. The lowest BCUT2D eigenvalue weighted by Crippen LogP contribution is -2.27. The van der Waals surface area contributed by atoms with Crippen LogP contribution in [-0.4, -0.2) is 24.7 Å². The van der Waals surface area contributed by atoms with Gasteiger partial charge in [0, 0.05) is 24.9 Å². The fourth-order valence-electron chi connectivity index (χ4n) is 2.02. The van der Waals surface area contributed by atoms with Gasteiger partial charge in [0.1, 0.15) is 5.82 Å². The Labute approximate surface area is 91.6 Å². The molecular formula is C11H10FN3O. The molecule has 0 bridgehead atoms. The lowest BCUT2D eigenvalue weighted by Gasteiger charge is -2.07. The molecule has 1 fully saturated rings. The van der Waals surface area contributed by atoms with Crippen LogP contribution in [0.25, 0.3) is 0 Å². The Morgan fingerprint density at radius 2 is 2.31 bits per heavy atom. The van der Waals surface area contributed by atoms with Gasteiger partial charge in [-0.2, -0.15) is 0 Å². The summed E-state index contributed by atoms with van der Waals surface area (Å²) in [6, 6.07) is 4.20. The number of hydrogen-bond acceptors (Lipinski definition) is 3. The molecule has 82 valence electrons. The second-order valence-electron chi connectivity index (χ2n) is 3.94. The molecule has 1 aromatic carbocycles. The van der Waals surface area contributed by atoms with Gasteiger partial charge >= 0.3 is 0 Å². The molecule has 2 N–H and O–H groups in total. The minimum absolute atomic E-state index is 0.0749. The molecular weight excluding hydrogens is 209 g/mol. The van der Waals surface area contributed by atoms with Crippen LogP contribution in [0.15, 0.2) is 23.2 Å². The predicted molar refractivity (Wildman–Crippen MR) is 58.5 cm³/mol. The van der Waals surface area contributed by atoms with Gasteiger partial charge in [-0.05, 0) is 12.1 Å². The molecule has 2 heterocycles. The van der Waals surface area contributed by atoms with Crippen molar-refractivity contribution >= 4 is 23.0 Å². The first-order valence-electron chi connectivity index (χ1n) is 5.12. The van der Waals surface area contributed by atoms with Crippen LogP contribution in [0, 0.1) is 11.7 Å². The first-order chi connectivity index (χ1) is 7.74. The SMILES string of the molecule is O=C1Nc2ccc(F)cc2N=C2CNCC12. The Morgan fingerprint density at radius 1 is 1.44 bits per heavy atom. The quantitative estimate of drug-likeness (QED) is 0.685. The molecule has 16 heavy (non-hydrogen) atoms. The number of fused-ring (bicyclic) bond motifs is 2. The van der Waals surface area contributed by atoms with E-state index in [-0.39, 0.29) is 17.6 Å². The maximum atomic E-state index is 13.1. The summed E-state index contributed by atoms with van der Waals surface area (Å²) in [6.45, 7) is 1.19. The number of rotatable bonds is 0. The van der Waals surface area contributed by atoms with Crippen LogP contribution in [0.5, 0.6) is 0 Å². The number of nitrogens with zero attached hydrogens (tertiary/aromatic N) is 1. The monoisotopic (exact) mass is 219 g/mol. The van der Waals surface area contributed by atoms with Crippen LogP contribution >= 0.6 is 0 Å². The minimum Gasteiger partial charge on any atom is -0.324 e. The number of hydrogen-bond donors (Lipinski definition) is 2. The lowest BCUT2D eigenvalue weighted by atomic mass is 10.1. The van der Waals surface area contributed by atoms with E-state index < -0.39 is 0 Å². The first-order valence-corrected chi connectivity index (χ1v) is 5.12. The number of carbonyl (C=O) groups excluding carboxylic acids is 1. The number of carbonyl (C=O) groups is 1. The van der Waals surface area contributed by atoms with E-state index in [9.17, 15) is 9.18 Å². The molecule has 2 aliphatic heterocycles. The van der Waals surface area contributed by atoms with Gasteiger partial charge in [-0.25, -0.2) is 4.39 Å². The summed E-state index contributed by atoms with van der Waals surface area (Å²) < 4.78 is 13.1. The van der Waals surface area contributed by atoms with Crippen LogP contribution in [0.2, 0.25) is 0 Å². The van der Waals surface area contributed by atoms with Gasteiger partial charge in [0.25, 0.3) is 0 Å². The number of amides is 1. The molecule has 1 amide bonds. The second-order valence-corrected chi connectivity index (χ2v) is 3.94. The Hall–Kier alpha value is -1.75. The van der Waals surface area contributed by atoms with Crippen molar-refractivity contribution < 1.29 is 9.18 Å². The number of anilines is 1. The highest BCUT2D eigenvalue weighted by Crippen LogP contribution is 2.30. The third kappa shape index (κ3) is 1.40. The van der Waals surface area contributed by atoms with Crippen molar-refractivity contribution in [3.63, 3.8) is 0 Å². The largest absolute Gasteiger partial charge is 0.324 e. The normalized spacial score (nSPS) is 22.9. The highest BCUT2D eigenvalue weighted by atomic mass is 19.1.